The lowest BCUT2D eigenvalue weighted by Crippen LogP contribution is -2.34. The zero-order valence-electron chi connectivity index (χ0n) is 9.83. The number of oxime groups is 1. The Balaban J connectivity index is 2.22. The molecule has 4 N–H and O–H groups in total. The molecule has 18 heavy (non-hydrogen) atoms. The zero-order valence-corrected chi connectivity index (χ0v) is 9.83. The van der Waals surface area contributed by atoms with E-state index in [1.807, 2.05) is 17.0 Å². The highest BCUT2D eigenvalue weighted by Gasteiger charge is 2.18. The van der Waals surface area contributed by atoms with Gasteiger partial charge in [0.15, 0.2) is 5.84 Å². The first-order valence-electron chi connectivity index (χ1n) is 5.64. The molecule has 0 amide bonds. The highest BCUT2D eigenvalue weighted by molar-refractivity contribution is 5.97. The van der Waals surface area contributed by atoms with E-state index in [0.717, 1.165) is 18.5 Å². The number of benzene rings is 1. The molecule has 6 nitrogen and oxygen atoms in total. The Morgan fingerprint density at radius 2 is 2.22 bits per heavy atom. The van der Waals surface area contributed by atoms with E-state index in [9.17, 15) is 4.79 Å². The molecule has 1 aliphatic rings. The number of carbonyl (C=O) groups is 1. The zero-order chi connectivity index (χ0) is 13.1. The van der Waals surface area contributed by atoms with Gasteiger partial charge in [0.25, 0.3) is 0 Å². The molecule has 1 heterocycles. The van der Waals surface area contributed by atoms with Crippen molar-refractivity contribution in [2.24, 2.45) is 10.9 Å². The summed E-state index contributed by atoms with van der Waals surface area (Å²) in [5.74, 6) is -0.765. The van der Waals surface area contributed by atoms with Crippen molar-refractivity contribution in [2.75, 3.05) is 13.1 Å². The molecule has 6 heteroatoms. The third-order valence-electron chi connectivity index (χ3n) is 3.06. The third-order valence-corrected chi connectivity index (χ3v) is 3.06. The van der Waals surface area contributed by atoms with Crippen LogP contribution in [0.15, 0.2) is 23.4 Å². The number of fused-ring (bicyclic) bond motifs is 1. The van der Waals surface area contributed by atoms with Crippen molar-refractivity contribution in [3.05, 3.63) is 34.9 Å². The van der Waals surface area contributed by atoms with E-state index in [1.54, 1.807) is 6.07 Å². The summed E-state index contributed by atoms with van der Waals surface area (Å²) in [7, 11) is 0. The molecule has 1 aromatic carbocycles. The molecule has 0 saturated heterocycles. The second-order valence-corrected chi connectivity index (χ2v) is 4.32. The van der Waals surface area contributed by atoms with Gasteiger partial charge in [0.2, 0.25) is 0 Å². The Kier molecular flexibility index (Phi) is 3.47. The number of carboxylic acid groups (broad SMARTS) is 1. The van der Waals surface area contributed by atoms with Gasteiger partial charge in [0, 0.05) is 18.7 Å². The molecular formula is C12H15N3O3. The maximum atomic E-state index is 10.7. The highest BCUT2D eigenvalue weighted by Crippen LogP contribution is 2.20. The van der Waals surface area contributed by atoms with Crippen LogP contribution in [0.2, 0.25) is 0 Å². The molecule has 0 bridgehead atoms. The first-order valence-corrected chi connectivity index (χ1v) is 5.64. The van der Waals surface area contributed by atoms with E-state index in [2.05, 4.69) is 5.16 Å². The van der Waals surface area contributed by atoms with E-state index in [-0.39, 0.29) is 12.4 Å². The van der Waals surface area contributed by atoms with Crippen LogP contribution < -0.4 is 5.73 Å². The van der Waals surface area contributed by atoms with Gasteiger partial charge in [-0.1, -0.05) is 17.3 Å². The van der Waals surface area contributed by atoms with Crippen molar-refractivity contribution in [1.82, 2.24) is 4.90 Å². The van der Waals surface area contributed by atoms with Gasteiger partial charge in [-0.25, -0.2) is 0 Å². The molecule has 0 radical (unpaired) electrons. The molecule has 2 rings (SSSR count). The lowest BCUT2D eigenvalue weighted by molar-refractivity contribution is -0.138. The van der Waals surface area contributed by atoms with E-state index in [1.165, 1.54) is 5.56 Å². The SMILES string of the molecule is N/C(=N/O)c1ccc2c(c1)CN(CC(=O)O)CC2. The molecule has 0 unspecified atom stereocenters. The summed E-state index contributed by atoms with van der Waals surface area (Å²) in [4.78, 5) is 12.5. The standard InChI is InChI=1S/C12H15N3O3/c13-12(14-18)9-2-1-8-3-4-15(7-11(16)17)6-10(8)5-9/h1-2,5,18H,3-4,6-7H2,(H2,13,14)(H,16,17). The molecule has 0 aromatic heterocycles. The minimum absolute atomic E-state index is 0.0350. The van der Waals surface area contributed by atoms with Gasteiger partial charge in [-0.2, -0.15) is 0 Å². The summed E-state index contributed by atoms with van der Waals surface area (Å²) >= 11 is 0. The van der Waals surface area contributed by atoms with Crippen molar-refractivity contribution in [1.29, 1.82) is 0 Å². The van der Waals surface area contributed by atoms with E-state index in [0.29, 0.717) is 12.1 Å². The summed E-state index contributed by atoms with van der Waals surface area (Å²) in [5, 5.41) is 20.4. The van der Waals surface area contributed by atoms with Crippen molar-refractivity contribution in [3.63, 3.8) is 0 Å². The Morgan fingerprint density at radius 3 is 2.89 bits per heavy atom. The monoisotopic (exact) mass is 249 g/mol. The smallest absolute Gasteiger partial charge is 0.317 e. The van der Waals surface area contributed by atoms with Crippen LogP contribution in [0.25, 0.3) is 0 Å². The Labute approximate surface area is 104 Å². The summed E-state index contributed by atoms with van der Waals surface area (Å²) < 4.78 is 0. The van der Waals surface area contributed by atoms with E-state index < -0.39 is 5.97 Å². The summed E-state index contributed by atoms with van der Waals surface area (Å²) in [6, 6.07) is 5.60. The number of hydrogen-bond acceptors (Lipinski definition) is 4. The number of aliphatic carboxylic acids is 1. The molecule has 0 atom stereocenters. The second-order valence-electron chi connectivity index (χ2n) is 4.32. The number of carboxylic acids is 1. The minimum atomic E-state index is -0.828. The van der Waals surface area contributed by atoms with Crippen LogP contribution in [-0.4, -0.2) is 40.1 Å². The van der Waals surface area contributed by atoms with Gasteiger partial charge in [-0.3, -0.25) is 9.69 Å². The van der Waals surface area contributed by atoms with E-state index >= 15 is 0 Å². The summed E-state index contributed by atoms with van der Waals surface area (Å²) in [6.45, 7) is 1.35. The quantitative estimate of drug-likeness (QED) is 0.308. The first kappa shape index (κ1) is 12.4. The number of rotatable bonds is 3. The molecule has 1 aliphatic heterocycles. The Morgan fingerprint density at radius 1 is 1.44 bits per heavy atom. The summed E-state index contributed by atoms with van der Waals surface area (Å²) in [5.41, 5.74) is 8.40. The van der Waals surface area contributed by atoms with Gasteiger partial charge in [0.1, 0.15) is 0 Å². The molecule has 0 aliphatic carbocycles. The number of nitrogens with zero attached hydrogens (tertiary/aromatic N) is 2. The molecule has 0 saturated carbocycles. The van der Waals surface area contributed by atoms with Crippen molar-refractivity contribution < 1.29 is 15.1 Å². The largest absolute Gasteiger partial charge is 0.480 e. The maximum absolute atomic E-state index is 10.7. The van der Waals surface area contributed by atoms with Crippen molar-refractivity contribution >= 4 is 11.8 Å². The average Bonchev–Trinajstić information content (AvgIpc) is 2.36. The lowest BCUT2D eigenvalue weighted by atomic mass is 9.97. The second kappa shape index (κ2) is 5.05. The Bertz CT molecular complexity index is 499. The van der Waals surface area contributed by atoms with Gasteiger partial charge in [0.05, 0.1) is 6.54 Å². The number of nitrogens with two attached hydrogens (primary N) is 1. The van der Waals surface area contributed by atoms with Crippen LogP contribution in [0.3, 0.4) is 0 Å². The fraction of sp³-hybridized carbons (Fsp3) is 0.333. The molecule has 0 fully saturated rings. The van der Waals surface area contributed by atoms with E-state index in [4.69, 9.17) is 16.0 Å². The fourth-order valence-corrected chi connectivity index (χ4v) is 2.16. The maximum Gasteiger partial charge on any atom is 0.317 e. The van der Waals surface area contributed by atoms with Crippen LogP contribution >= 0.6 is 0 Å². The van der Waals surface area contributed by atoms with Crippen LogP contribution in [0.1, 0.15) is 16.7 Å². The predicted molar refractivity (Wildman–Crippen MR) is 65.6 cm³/mol. The molecular weight excluding hydrogens is 234 g/mol. The number of hydrogen-bond donors (Lipinski definition) is 3. The third kappa shape index (κ3) is 2.60. The lowest BCUT2D eigenvalue weighted by Gasteiger charge is -2.27. The van der Waals surface area contributed by atoms with Gasteiger partial charge in [-0.15, -0.1) is 0 Å². The molecule has 1 aromatic rings. The predicted octanol–water partition coefficient (Wildman–Crippen LogP) is 0.224. The normalized spacial score (nSPS) is 16.3. The minimum Gasteiger partial charge on any atom is -0.480 e. The van der Waals surface area contributed by atoms with Crippen LogP contribution in [0.5, 0.6) is 0 Å². The molecule has 0 spiro atoms. The topological polar surface area (TPSA) is 99.2 Å². The highest BCUT2D eigenvalue weighted by atomic mass is 16.4. The van der Waals surface area contributed by atoms with Crippen molar-refractivity contribution in [2.45, 2.75) is 13.0 Å². The van der Waals surface area contributed by atoms with Crippen molar-refractivity contribution in [3.8, 4) is 0 Å². The van der Waals surface area contributed by atoms with Gasteiger partial charge in [-0.05, 0) is 23.6 Å². The average molecular weight is 249 g/mol. The summed E-state index contributed by atoms with van der Waals surface area (Å²) in [6.07, 6.45) is 0.819. The fourth-order valence-electron chi connectivity index (χ4n) is 2.16. The Hall–Kier alpha value is -2.08. The van der Waals surface area contributed by atoms with Gasteiger partial charge < -0.3 is 16.0 Å². The number of amidine groups is 1. The van der Waals surface area contributed by atoms with Crippen LogP contribution in [0, 0.1) is 0 Å². The first-order chi connectivity index (χ1) is 8.60. The van der Waals surface area contributed by atoms with Gasteiger partial charge >= 0.3 is 5.97 Å². The van der Waals surface area contributed by atoms with Crippen LogP contribution in [-0.2, 0) is 17.8 Å². The molecule has 96 valence electrons. The van der Waals surface area contributed by atoms with Crippen LogP contribution in [0.4, 0.5) is 0 Å².